The van der Waals surface area contributed by atoms with Crippen molar-refractivity contribution in [1.82, 2.24) is 20.3 Å². The van der Waals surface area contributed by atoms with Gasteiger partial charge in [-0.1, -0.05) is 48.5 Å². The van der Waals surface area contributed by atoms with Crippen LogP contribution in [0, 0.1) is 10.1 Å². The Bertz CT molecular complexity index is 1640. The van der Waals surface area contributed by atoms with E-state index >= 15 is 0 Å². The van der Waals surface area contributed by atoms with Crippen LogP contribution in [-0.2, 0) is 16.0 Å². The molecule has 41 heavy (non-hydrogen) atoms. The smallest absolute Gasteiger partial charge is 0.337 e. The molecule has 1 aliphatic rings. The number of hydrogen-bond acceptors (Lipinski definition) is 7. The topological polar surface area (TPSA) is 123 Å². The van der Waals surface area contributed by atoms with E-state index in [2.05, 4.69) is 20.3 Å². The highest BCUT2D eigenvalue weighted by atomic mass is 16.6. The number of esters is 1. The summed E-state index contributed by atoms with van der Waals surface area (Å²) in [6.45, 7) is 3.77. The van der Waals surface area contributed by atoms with E-state index in [1.54, 1.807) is 43.7 Å². The van der Waals surface area contributed by atoms with Crippen molar-refractivity contribution >= 4 is 23.3 Å². The molecule has 0 aliphatic carbocycles. The van der Waals surface area contributed by atoms with E-state index in [9.17, 15) is 14.9 Å². The van der Waals surface area contributed by atoms with Crippen molar-refractivity contribution in [2.75, 3.05) is 6.61 Å². The second kappa shape index (κ2) is 12.3. The third kappa shape index (κ3) is 6.30. The number of H-pyrrole nitrogens is 1. The lowest BCUT2D eigenvalue weighted by Crippen LogP contribution is -2.29. The number of carbonyl (C=O) groups is 1. The first-order valence-corrected chi connectivity index (χ1v) is 13.2. The number of dihydropyridines is 1. The van der Waals surface area contributed by atoms with Crippen LogP contribution in [0.15, 0.2) is 108 Å². The average Bonchev–Trinajstić information content (AvgIpc) is 3.49. The van der Waals surface area contributed by atoms with E-state index in [0.29, 0.717) is 22.5 Å². The van der Waals surface area contributed by atoms with Gasteiger partial charge in [0.25, 0.3) is 5.69 Å². The minimum Gasteiger partial charge on any atom is -0.458 e. The molecule has 4 aromatic rings. The van der Waals surface area contributed by atoms with Crippen LogP contribution in [0.3, 0.4) is 0 Å². The molecule has 3 heterocycles. The van der Waals surface area contributed by atoms with Gasteiger partial charge < -0.3 is 15.0 Å². The van der Waals surface area contributed by atoms with Crippen molar-refractivity contribution < 1.29 is 14.5 Å². The third-order valence-electron chi connectivity index (χ3n) is 6.86. The van der Waals surface area contributed by atoms with Crippen LogP contribution in [0.4, 0.5) is 5.69 Å². The Hall–Kier alpha value is -5.31. The minimum atomic E-state index is -0.607. The molecule has 1 atom stereocenters. The molecule has 206 valence electrons. The monoisotopic (exact) mass is 547 g/mol. The maximum atomic E-state index is 13.6. The quantitative estimate of drug-likeness (QED) is 0.151. The molecule has 0 saturated carbocycles. The molecular formula is C32H29N5O4. The fraction of sp³-hybridized carbons (Fsp3) is 0.156. The van der Waals surface area contributed by atoms with Gasteiger partial charge in [-0.15, -0.1) is 0 Å². The van der Waals surface area contributed by atoms with Gasteiger partial charge in [-0.05, 0) is 48.7 Å². The predicted molar refractivity (Wildman–Crippen MR) is 156 cm³/mol. The van der Waals surface area contributed by atoms with Crippen LogP contribution in [-0.4, -0.2) is 32.5 Å². The first-order valence-electron chi connectivity index (χ1n) is 13.2. The van der Waals surface area contributed by atoms with Crippen LogP contribution >= 0.6 is 0 Å². The Morgan fingerprint density at radius 1 is 1.02 bits per heavy atom. The van der Waals surface area contributed by atoms with Gasteiger partial charge in [-0.25, -0.2) is 9.78 Å². The lowest BCUT2D eigenvalue weighted by Gasteiger charge is -2.31. The molecule has 2 aromatic heterocycles. The molecule has 5 rings (SSSR count). The normalized spacial score (nSPS) is 15.2. The van der Waals surface area contributed by atoms with Gasteiger partial charge in [0.1, 0.15) is 12.4 Å². The minimum absolute atomic E-state index is 0.0532. The van der Waals surface area contributed by atoms with E-state index < -0.39 is 16.8 Å². The van der Waals surface area contributed by atoms with Gasteiger partial charge in [-0.3, -0.25) is 15.1 Å². The Balaban J connectivity index is 1.36. The molecule has 2 N–H and O–H groups in total. The van der Waals surface area contributed by atoms with Gasteiger partial charge in [-0.2, -0.15) is 0 Å². The molecule has 0 spiro atoms. The van der Waals surface area contributed by atoms with E-state index in [0.717, 1.165) is 34.6 Å². The molecule has 0 bridgehead atoms. The molecule has 0 fully saturated rings. The van der Waals surface area contributed by atoms with Crippen LogP contribution in [0.1, 0.15) is 48.0 Å². The number of hydrogen-bond donors (Lipinski definition) is 2. The van der Waals surface area contributed by atoms with Crippen LogP contribution < -0.4 is 5.32 Å². The lowest BCUT2D eigenvalue weighted by molar-refractivity contribution is -0.384. The first-order chi connectivity index (χ1) is 19.9. The summed E-state index contributed by atoms with van der Waals surface area (Å²) in [5, 5.41) is 14.9. The lowest BCUT2D eigenvalue weighted by atomic mass is 9.79. The second-order valence-corrected chi connectivity index (χ2v) is 9.66. The van der Waals surface area contributed by atoms with Crippen LogP contribution in [0.25, 0.3) is 11.6 Å². The van der Waals surface area contributed by atoms with Gasteiger partial charge >= 0.3 is 5.97 Å². The number of rotatable bonds is 9. The van der Waals surface area contributed by atoms with Gasteiger partial charge in [0, 0.05) is 60.0 Å². The zero-order chi connectivity index (χ0) is 28.8. The van der Waals surface area contributed by atoms with Crippen molar-refractivity contribution in [3.05, 3.63) is 147 Å². The fourth-order valence-electron chi connectivity index (χ4n) is 5.00. The molecule has 1 unspecified atom stereocenters. The zero-order valence-corrected chi connectivity index (χ0v) is 22.7. The molecular weight excluding hydrogens is 518 g/mol. The summed E-state index contributed by atoms with van der Waals surface area (Å²) in [5.41, 5.74) is 5.91. The maximum absolute atomic E-state index is 13.6. The summed E-state index contributed by atoms with van der Waals surface area (Å²) >= 11 is 0. The maximum Gasteiger partial charge on any atom is 0.337 e. The Morgan fingerprint density at radius 2 is 1.85 bits per heavy atom. The van der Waals surface area contributed by atoms with E-state index in [1.807, 2.05) is 55.5 Å². The van der Waals surface area contributed by atoms with Crippen LogP contribution in [0.2, 0.25) is 0 Å². The predicted octanol–water partition coefficient (Wildman–Crippen LogP) is 5.95. The highest BCUT2D eigenvalue weighted by molar-refractivity contribution is 5.97. The van der Waals surface area contributed by atoms with E-state index in [1.165, 1.54) is 12.1 Å². The first kappa shape index (κ1) is 27.3. The van der Waals surface area contributed by atoms with Gasteiger partial charge in [0.05, 0.1) is 16.2 Å². The number of nitro groups is 1. The van der Waals surface area contributed by atoms with Gasteiger partial charge in [0.2, 0.25) is 0 Å². The number of nitrogens with zero attached hydrogens (tertiary/aromatic N) is 3. The number of benzene rings is 2. The highest BCUT2D eigenvalue weighted by Crippen LogP contribution is 2.43. The summed E-state index contributed by atoms with van der Waals surface area (Å²) in [6.07, 6.45) is 9.62. The standard InChI is InChI=1S/C32H29N5O4/c1-21-29(27-10-3-4-15-33-27)31(25-8-5-9-26(20-25)37(39)40)30(22(2)36-21)32(38)41-18-6-7-23-11-13-24(14-12-23)19-28-34-16-17-35-28/h3-17,20,31,36H,18-19H2,1-2H3,(H,34,35)/b7-6+. The third-order valence-corrected chi connectivity index (χ3v) is 6.86. The second-order valence-electron chi connectivity index (χ2n) is 9.66. The molecule has 2 aromatic carbocycles. The summed E-state index contributed by atoms with van der Waals surface area (Å²) in [6, 6.07) is 20.0. The molecule has 0 saturated heterocycles. The van der Waals surface area contributed by atoms with Crippen molar-refractivity contribution in [2.24, 2.45) is 0 Å². The van der Waals surface area contributed by atoms with Crippen molar-refractivity contribution in [3.8, 4) is 0 Å². The summed E-state index contributed by atoms with van der Waals surface area (Å²) in [4.78, 5) is 36.6. The van der Waals surface area contributed by atoms with Crippen molar-refractivity contribution in [2.45, 2.75) is 26.2 Å². The molecule has 9 heteroatoms. The Labute approximate surface area is 237 Å². The number of non-ortho nitro benzene ring substituents is 1. The van der Waals surface area contributed by atoms with Crippen molar-refractivity contribution in [1.29, 1.82) is 0 Å². The molecule has 9 nitrogen and oxygen atoms in total. The summed E-state index contributed by atoms with van der Waals surface area (Å²) in [5.74, 6) is -0.211. The number of aromatic nitrogens is 3. The Morgan fingerprint density at radius 3 is 2.56 bits per heavy atom. The van der Waals surface area contributed by atoms with E-state index in [4.69, 9.17) is 4.74 Å². The zero-order valence-electron chi connectivity index (χ0n) is 22.7. The summed E-state index contributed by atoms with van der Waals surface area (Å²) < 4.78 is 5.70. The molecule has 0 amide bonds. The number of ether oxygens (including phenoxy) is 1. The van der Waals surface area contributed by atoms with E-state index in [-0.39, 0.29) is 12.3 Å². The number of nitrogens with one attached hydrogen (secondary N) is 2. The SMILES string of the molecule is CC1=C(C(=O)OC/C=C/c2ccc(Cc3ncc[nH]3)cc2)C(c2cccc([N+](=O)[O-])c2)C(c2ccccn2)=C(C)N1. The number of allylic oxidation sites excluding steroid dienone is 3. The number of carbonyl (C=O) groups excluding carboxylic acids is 1. The van der Waals surface area contributed by atoms with Crippen molar-refractivity contribution in [3.63, 3.8) is 0 Å². The molecule has 0 radical (unpaired) electrons. The van der Waals surface area contributed by atoms with Gasteiger partial charge in [0.15, 0.2) is 0 Å². The Kier molecular flexibility index (Phi) is 8.15. The highest BCUT2D eigenvalue weighted by Gasteiger charge is 2.35. The largest absolute Gasteiger partial charge is 0.458 e. The average molecular weight is 548 g/mol. The molecule has 1 aliphatic heterocycles. The number of nitro benzene ring substituents is 1. The number of pyridine rings is 1. The number of aromatic amines is 1. The van der Waals surface area contributed by atoms with Crippen LogP contribution in [0.5, 0.6) is 0 Å². The number of imidazole rings is 1. The fourth-order valence-corrected chi connectivity index (χ4v) is 5.00. The summed E-state index contributed by atoms with van der Waals surface area (Å²) in [7, 11) is 0.